The van der Waals surface area contributed by atoms with Crippen LogP contribution < -0.4 is 11.1 Å². The van der Waals surface area contributed by atoms with Gasteiger partial charge in [0.15, 0.2) is 5.58 Å². The molecular weight excluding hydrogens is 197 g/mol. The van der Waals surface area contributed by atoms with E-state index in [0.29, 0.717) is 23.7 Å². The molecule has 0 saturated heterocycles. The number of anilines is 1. The van der Waals surface area contributed by atoms with Gasteiger partial charge in [0.2, 0.25) is 0 Å². The minimum Gasteiger partial charge on any atom is -0.424 e. The number of hydrogen-bond donors (Lipinski definition) is 2. The van der Waals surface area contributed by atoms with E-state index in [1.807, 2.05) is 6.92 Å². The minimum atomic E-state index is -0.325. The predicted molar refractivity (Wildman–Crippen MR) is 56.1 cm³/mol. The van der Waals surface area contributed by atoms with Gasteiger partial charge in [0.05, 0.1) is 0 Å². The number of nitrogens with two attached hydrogens (primary N) is 1. The predicted octanol–water partition coefficient (Wildman–Crippen LogP) is 1.73. The van der Waals surface area contributed by atoms with Crippen LogP contribution in [0, 0.1) is 5.82 Å². The number of fused-ring (bicyclic) bond motifs is 1. The molecule has 0 amide bonds. The van der Waals surface area contributed by atoms with Crippen molar-refractivity contribution < 1.29 is 8.81 Å². The Kier molecular flexibility index (Phi) is 2.55. The second-order valence-electron chi connectivity index (χ2n) is 3.41. The number of aromatic nitrogens is 1. The molecule has 0 fully saturated rings. The van der Waals surface area contributed by atoms with Crippen LogP contribution >= 0.6 is 0 Å². The van der Waals surface area contributed by atoms with Crippen molar-refractivity contribution >= 4 is 17.1 Å². The van der Waals surface area contributed by atoms with Gasteiger partial charge in [-0.1, -0.05) is 0 Å². The first kappa shape index (κ1) is 9.92. The van der Waals surface area contributed by atoms with Crippen LogP contribution in [0.5, 0.6) is 0 Å². The molecule has 2 rings (SSSR count). The van der Waals surface area contributed by atoms with Crippen molar-refractivity contribution in [1.82, 2.24) is 4.98 Å². The molecule has 80 valence electrons. The summed E-state index contributed by atoms with van der Waals surface area (Å²) in [6.07, 6.45) is 0. The largest absolute Gasteiger partial charge is 0.424 e. The summed E-state index contributed by atoms with van der Waals surface area (Å²) in [5.41, 5.74) is 6.51. The molecule has 1 atom stereocenters. The summed E-state index contributed by atoms with van der Waals surface area (Å²) < 4.78 is 18.2. The highest BCUT2D eigenvalue weighted by Crippen LogP contribution is 2.19. The summed E-state index contributed by atoms with van der Waals surface area (Å²) in [4.78, 5) is 4.09. The van der Waals surface area contributed by atoms with Crippen LogP contribution in [-0.4, -0.2) is 17.6 Å². The maximum absolute atomic E-state index is 12.9. The van der Waals surface area contributed by atoms with Gasteiger partial charge in [-0.2, -0.15) is 4.98 Å². The maximum atomic E-state index is 12.9. The molecule has 0 radical (unpaired) electrons. The Balaban J connectivity index is 2.30. The third-order valence-electron chi connectivity index (χ3n) is 2.07. The molecule has 0 bridgehead atoms. The van der Waals surface area contributed by atoms with Gasteiger partial charge in [-0.3, -0.25) is 0 Å². The van der Waals surface area contributed by atoms with Crippen LogP contribution in [0.2, 0.25) is 0 Å². The molecule has 0 saturated carbocycles. The van der Waals surface area contributed by atoms with Gasteiger partial charge >= 0.3 is 0 Å². The highest BCUT2D eigenvalue weighted by atomic mass is 19.1. The Bertz CT molecular complexity index is 469. The fraction of sp³-hybridized carbons (Fsp3) is 0.300. The van der Waals surface area contributed by atoms with Crippen molar-refractivity contribution in [2.75, 3.05) is 11.9 Å². The molecule has 1 heterocycles. The summed E-state index contributed by atoms with van der Waals surface area (Å²) in [7, 11) is 0. The standard InChI is InChI=1S/C10H12FN3O/c1-6(5-12)13-10-14-8-4-7(11)2-3-9(8)15-10/h2-4,6H,5,12H2,1H3,(H,13,14). The van der Waals surface area contributed by atoms with Crippen molar-refractivity contribution in [2.45, 2.75) is 13.0 Å². The third-order valence-corrected chi connectivity index (χ3v) is 2.07. The number of halogens is 1. The topological polar surface area (TPSA) is 64.1 Å². The first-order valence-corrected chi connectivity index (χ1v) is 4.71. The van der Waals surface area contributed by atoms with E-state index in [0.717, 1.165) is 0 Å². The number of benzene rings is 1. The zero-order valence-electron chi connectivity index (χ0n) is 8.33. The van der Waals surface area contributed by atoms with Gasteiger partial charge in [-0.15, -0.1) is 0 Å². The number of rotatable bonds is 3. The molecule has 0 aliphatic rings. The Morgan fingerprint density at radius 1 is 1.60 bits per heavy atom. The van der Waals surface area contributed by atoms with E-state index in [2.05, 4.69) is 10.3 Å². The average Bonchev–Trinajstić information content (AvgIpc) is 2.59. The lowest BCUT2D eigenvalue weighted by molar-refractivity contribution is 0.598. The van der Waals surface area contributed by atoms with Crippen LogP contribution in [-0.2, 0) is 0 Å². The molecule has 4 nitrogen and oxygen atoms in total. The average molecular weight is 209 g/mol. The number of oxazole rings is 1. The highest BCUT2D eigenvalue weighted by Gasteiger charge is 2.08. The van der Waals surface area contributed by atoms with E-state index in [-0.39, 0.29) is 11.9 Å². The third kappa shape index (κ3) is 2.07. The van der Waals surface area contributed by atoms with E-state index in [9.17, 15) is 4.39 Å². The second kappa shape index (κ2) is 3.86. The molecule has 1 aromatic heterocycles. The van der Waals surface area contributed by atoms with E-state index in [1.165, 1.54) is 12.1 Å². The van der Waals surface area contributed by atoms with Crippen LogP contribution in [0.1, 0.15) is 6.92 Å². The van der Waals surface area contributed by atoms with E-state index >= 15 is 0 Å². The SMILES string of the molecule is CC(CN)Nc1nc2cc(F)ccc2o1. The van der Waals surface area contributed by atoms with E-state index in [1.54, 1.807) is 6.07 Å². The second-order valence-corrected chi connectivity index (χ2v) is 3.41. The first-order valence-electron chi connectivity index (χ1n) is 4.71. The van der Waals surface area contributed by atoms with Gasteiger partial charge in [0.25, 0.3) is 6.01 Å². The molecular formula is C10H12FN3O. The zero-order valence-corrected chi connectivity index (χ0v) is 8.33. The number of nitrogens with zero attached hydrogens (tertiary/aromatic N) is 1. The van der Waals surface area contributed by atoms with Crippen molar-refractivity contribution in [3.05, 3.63) is 24.0 Å². The Morgan fingerprint density at radius 2 is 2.40 bits per heavy atom. The van der Waals surface area contributed by atoms with Crippen molar-refractivity contribution in [2.24, 2.45) is 5.73 Å². The monoisotopic (exact) mass is 209 g/mol. The summed E-state index contributed by atoms with van der Waals surface area (Å²) in [5, 5.41) is 2.98. The Hall–Kier alpha value is -1.62. The van der Waals surface area contributed by atoms with Gasteiger partial charge in [-0.05, 0) is 19.1 Å². The maximum Gasteiger partial charge on any atom is 0.295 e. The van der Waals surface area contributed by atoms with Gasteiger partial charge < -0.3 is 15.5 Å². The summed E-state index contributed by atoms with van der Waals surface area (Å²) >= 11 is 0. The highest BCUT2D eigenvalue weighted by molar-refractivity contribution is 5.74. The Morgan fingerprint density at radius 3 is 3.13 bits per heavy atom. The van der Waals surface area contributed by atoms with E-state index < -0.39 is 0 Å². The summed E-state index contributed by atoms with van der Waals surface area (Å²) in [5.74, 6) is -0.325. The molecule has 0 spiro atoms. The summed E-state index contributed by atoms with van der Waals surface area (Å²) in [6.45, 7) is 2.39. The van der Waals surface area contributed by atoms with Crippen molar-refractivity contribution in [1.29, 1.82) is 0 Å². The lowest BCUT2D eigenvalue weighted by Gasteiger charge is -2.07. The minimum absolute atomic E-state index is 0.0721. The fourth-order valence-corrected chi connectivity index (χ4v) is 1.23. The molecule has 15 heavy (non-hydrogen) atoms. The Labute approximate surface area is 86.3 Å². The summed E-state index contributed by atoms with van der Waals surface area (Å²) in [6, 6.07) is 4.66. The van der Waals surface area contributed by atoms with Crippen molar-refractivity contribution in [3.8, 4) is 0 Å². The number of hydrogen-bond acceptors (Lipinski definition) is 4. The van der Waals surface area contributed by atoms with Gasteiger partial charge in [-0.25, -0.2) is 4.39 Å². The molecule has 1 unspecified atom stereocenters. The zero-order chi connectivity index (χ0) is 10.8. The molecule has 2 aromatic rings. The molecule has 0 aliphatic carbocycles. The number of nitrogens with one attached hydrogen (secondary N) is 1. The molecule has 5 heteroatoms. The lowest BCUT2D eigenvalue weighted by atomic mass is 10.3. The van der Waals surface area contributed by atoms with Gasteiger partial charge in [0, 0.05) is 18.7 Å². The quantitative estimate of drug-likeness (QED) is 0.808. The molecule has 0 aliphatic heterocycles. The van der Waals surface area contributed by atoms with Crippen LogP contribution in [0.3, 0.4) is 0 Å². The molecule has 3 N–H and O–H groups in total. The van der Waals surface area contributed by atoms with Crippen LogP contribution in [0.4, 0.5) is 10.4 Å². The van der Waals surface area contributed by atoms with E-state index in [4.69, 9.17) is 10.2 Å². The fourth-order valence-electron chi connectivity index (χ4n) is 1.23. The van der Waals surface area contributed by atoms with Crippen LogP contribution in [0.25, 0.3) is 11.1 Å². The van der Waals surface area contributed by atoms with Crippen LogP contribution in [0.15, 0.2) is 22.6 Å². The van der Waals surface area contributed by atoms with Crippen molar-refractivity contribution in [3.63, 3.8) is 0 Å². The van der Waals surface area contributed by atoms with Gasteiger partial charge in [0.1, 0.15) is 11.3 Å². The molecule has 1 aromatic carbocycles. The first-order chi connectivity index (χ1) is 7.19. The smallest absolute Gasteiger partial charge is 0.295 e. The normalized spacial score (nSPS) is 13.0. The lowest BCUT2D eigenvalue weighted by Crippen LogP contribution is -2.25.